The quantitative estimate of drug-likeness (QED) is 0.476. The van der Waals surface area contributed by atoms with Crippen molar-refractivity contribution in [3.05, 3.63) is 89.5 Å². The van der Waals surface area contributed by atoms with Gasteiger partial charge in [-0.25, -0.2) is 0 Å². The Balaban J connectivity index is 1.56. The number of tetrazole rings is 1. The smallest absolute Gasteiger partial charge is 0.252 e. The van der Waals surface area contributed by atoms with Gasteiger partial charge in [-0.15, -0.1) is 5.10 Å². The maximum Gasteiger partial charge on any atom is 0.252 e. The Bertz CT molecular complexity index is 1290. The zero-order valence-corrected chi connectivity index (χ0v) is 19.0. The van der Waals surface area contributed by atoms with E-state index >= 15 is 0 Å². The topological polar surface area (TPSA) is 85.6 Å². The molecule has 7 nitrogen and oxygen atoms in total. The summed E-state index contributed by atoms with van der Waals surface area (Å²) >= 11 is 0. The van der Waals surface area contributed by atoms with Crippen molar-refractivity contribution in [2.45, 2.75) is 45.1 Å². The van der Waals surface area contributed by atoms with E-state index in [0.717, 1.165) is 41.2 Å². The third-order valence-electron chi connectivity index (χ3n) is 6.08. The summed E-state index contributed by atoms with van der Waals surface area (Å²) in [5, 5.41) is 15.5. The molecule has 0 radical (unpaired) electrons. The van der Waals surface area contributed by atoms with Crippen LogP contribution in [-0.4, -0.2) is 31.1 Å². The first-order chi connectivity index (χ1) is 15.9. The van der Waals surface area contributed by atoms with E-state index in [0.29, 0.717) is 5.56 Å². The molecular weight excluding hydrogens is 412 g/mol. The minimum atomic E-state index is -0.393. The molecular formula is C26H26N6O. The van der Waals surface area contributed by atoms with Crippen molar-refractivity contribution in [1.29, 1.82) is 0 Å². The van der Waals surface area contributed by atoms with Gasteiger partial charge in [0.25, 0.3) is 5.91 Å². The number of nitrogens with zero attached hydrogens (tertiary/aromatic N) is 5. The molecule has 0 saturated heterocycles. The molecule has 5 rings (SSSR count). The Morgan fingerprint density at radius 2 is 1.82 bits per heavy atom. The fourth-order valence-electron chi connectivity index (χ4n) is 4.02. The molecule has 1 amide bonds. The first-order valence-electron chi connectivity index (χ1n) is 11.2. The Morgan fingerprint density at radius 3 is 2.48 bits per heavy atom. The third-order valence-corrected chi connectivity index (χ3v) is 6.08. The average molecular weight is 439 g/mol. The standard InChI is InChI=1S/C26H26N6O/c1-17(2)24-29-30-31-32(24)22-15-20(19-9-7-18(3)8-10-19)14-21(16-22)25(33)28-26(11-12-26)23-6-4-5-13-27-23/h4-10,13-17H,11-12H2,1-3H3,(H,28,33). The zero-order chi connectivity index (χ0) is 23.0. The molecule has 0 bridgehead atoms. The fraction of sp³-hybridized carbons (Fsp3) is 0.269. The number of carbonyl (C=O) groups excluding carboxylic acids is 1. The number of benzene rings is 2. The monoisotopic (exact) mass is 438 g/mol. The number of hydrogen-bond acceptors (Lipinski definition) is 5. The zero-order valence-electron chi connectivity index (χ0n) is 19.0. The molecule has 7 heteroatoms. The summed E-state index contributed by atoms with van der Waals surface area (Å²) in [6.45, 7) is 6.15. The van der Waals surface area contributed by atoms with Crippen molar-refractivity contribution < 1.29 is 4.79 Å². The maximum atomic E-state index is 13.5. The van der Waals surface area contributed by atoms with Gasteiger partial charge in [0.2, 0.25) is 0 Å². The van der Waals surface area contributed by atoms with Gasteiger partial charge < -0.3 is 5.32 Å². The van der Waals surface area contributed by atoms with Crippen molar-refractivity contribution in [1.82, 2.24) is 30.5 Å². The summed E-state index contributed by atoms with van der Waals surface area (Å²) in [4.78, 5) is 17.9. The van der Waals surface area contributed by atoms with Crippen LogP contribution in [0.1, 0.15) is 60.0 Å². The predicted octanol–water partition coefficient (Wildman–Crippen LogP) is 4.58. The highest BCUT2D eigenvalue weighted by Crippen LogP contribution is 2.44. The second-order valence-corrected chi connectivity index (χ2v) is 8.99. The van der Waals surface area contributed by atoms with Gasteiger partial charge in [0, 0.05) is 17.7 Å². The van der Waals surface area contributed by atoms with Crippen LogP contribution < -0.4 is 5.32 Å². The Hall–Kier alpha value is -3.87. The van der Waals surface area contributed by atoms with Crippen molar-refractivity contribution in [3.8, 4) is 16.8 Å². The fourth-order valence-corrected chi connectivity index (χ4v) is 4.02. The number of rotatable bonds is 6. The van der Waals surface area contributed by atoms with E-state index in [2.05, 4.69) is 57.0 Å². The molecule has 0 unspecified atom stereocenters. The number of aromatic nitrogens is 5. The second kappa shape index (κ2) is 8.24. The SMILES string of the molecule is Cc1ccc(-c2cc(C(=O)NC3(c4ccccn4)CC3)cc(-n3nnnc3C(C)C)c2)cc1. The molecule has 0 aliphatic heterocycles. The molecule has 2 aromatic heterocycles. The van der Waals surface area contributed by atoms with E-state index in [1.54, 1.807) is 10.9 Å². The van der Waals surface area contributed by atoms with Crippen LogP contribution in [0.3, 0.4) is 0 Å². The lowest BCUT2D eigenvalue weighted by Gasteiger charge is -2.18. The average Bonchev–Trinajstić information content (AvgIpc) is 3.43. The summed E-state index contributed by atoms with van der Waals surface area (Å²) in [5.74, 6) is 0.751. The van der Waals surface area contributed by atoms with Gasteiger partial charge in [-0.05, 0) is 71.7 Å². The number of carbonyl (C=O) groups is 1. The van der Waals surface area contributed by atoms with Crippen LogP contribution in [-0.2, 0) is 5.54 Å². The molecule has 0 atom stereocenters. The molecule has 1 aliphatic rings. The van der Waals surface area contributed by atoms with Crippen LogP contribution in [0.2, 0.25) is 0 Å². The number of aryl methyl sites for hydroxylation is 1. The summed E-state index contributed by atoms with van der Waals surface area (Å²) < 4.78 is 1.71. The van der Waals surface area contributed by atoms with E-state index in [4.69, 9.17) is 0 Å². The lowest BCUT2D eigenvalue weighted by atomic mass is 10.00. The van der Waals surface area contributed by atoms with Gasteiger partial charge in [0.1, 0.15) is 0 Å². The lowest BCUT2D eigenvalue weighted by Crippen LogP contribution is -2.35. The normalized spacial score (nSPS) is 14.3. The Labute approximate surface area is 192 Å². The van der Waals surface area contributed by atoms with Crippen LogP contribution >= 0.6 is 0 Å². The van der Waals surface area contributed by atoms with Gasteiger partial charge >= 0.3 is 0 Å². The summed E-state index contributed by atoms with van der Waals surface area (Å²) in [6.07, 6.45) is 3.53. The maximum absolute atomic E-state index is 13.5. The number of amides is 1. The van der Waals surface area contributed by atoms with Crippen LogP contribution in [0.5, 0.6) is 0 Å². The molecule has 1 saturated carbocycles. The molecule has 33 heavy (non-hydrogen) atoms. The lowest BCUT2D eigenvalue weighted by molar-refractivity contribution is 0.0929. The van der Waals surface area contributed by atoms with Crippen LogP contribution in [0.15, 0.2) is 66.9 Å². The highest BCUT2D eigenvalue weighted by molar-refractivity contribution is 5.97. The van der Waals surface area contributed by atoms with Crippen molar-refractivity contribution in [2.24, 2.45) is 0 Å². The third kappa shape index (κ3) is 4.14. The van der Waals surface area contributed by atoms with Crippen molar-refractivity contribution >= 4 is 5.91 Å². The van der Waals surface area contributed by atoms with Crippen LogP contribution in [0.4, 0.5) is 0 Å². The summed E-state index contributed by atoms with van der Waals surface area (Å²) in [6, 6.07) is 19.9. The molecule has 0 spiro atoms. The van der Waals surface area contributed by atoms with Crippen molar-refractivity contribution in [2.75, 3.05) is 0 Å². The number of pyridine rings is 1. The van der Waals surface area contributed by atoms with Gasteiger partial charge in [-0.1, -0.05) is 49.7 Å². The summed E-state index contributed by atoms with van der Waals surface area (Å²) in [7, 11) is 0. The van der Waals surface area contributed by atoms with E-state index in [9.17, 15) is 4.79 Å². The first kappa shape index (κ1) is 21.0. The molecule has 4 aromatic rings. The highest BCUT2D eigenvalue weighted by atomic mass is 16.1. The highest BCUT2D eigenvalue weighted by Gasteiger charge is 2.47. The summed E-state index contributed by atoms with van der Waals surface area (Å²) in [5.41, 5.74) is 4.98. The Kier molecular flexibility index (Phi) is 5.24. The Morgan fingerprint density at radius 1 is 1.03 bits per heavy atom. The van der Waals surface area contributed by atoms with E-state index in [1.807, 2.05) is 50.2 Å². The van der Waals surface area contributed by atoms with Gasteiger partial charge in [-0.2, -0.15) is 4.68 Å². The minimum absolute atomic E-state index is 0.132. The molecule has 1 aliphatic carbocycles. The number of nitrogens with one attached hydrogen (secondary N) is 1. The minimum Gasteiger partial charge on any atom is -0.341 e. The largest absolute Gasteiger partial charge is 0.341 e. The van der Waals surface area contributed by atoms with E-state index in [-0.39, 0.29) is 11.8 Å². The van der Waals surface area contributed by atoms with E-state index in [1.165, 1.54) is 5.56 Å². The van der Waals surface area contributed by atoms with Gasteiger partial charge in [-0.3, -0.25) is 9.78 Å². The van der Waals surface area contributed by atoms with E-state index < -0.39 is 5.54 Å². The molecule has 2 aromatic carbocycles. The first-order valence-corrected chi connectivity index (χ1v) is 11.2. The van der Waals surface area contributed by atoms with Crippen LogP contribution in [0, 0.1) is 6.92 Å². The van der Waals surface area contributed by atoms with Gasteiger partial charge in [0.05, 0.1) is 16.9 Å². The number of hydrogen-bond donors (Lipinski definition) is 1. The molecule has 1 N–H and O–H groups in total. The molecule has 2 heterocycles. The second-order valence-electron chi connectivity index (χ2n) is 8.99. The predicted molar refractivity (Wildman–Crippen MR) is 126 cm³/mol. The van der Waals surface area contributed by atoms with Crippen LogP contribution in [0.25, 0.3) is 16.8 Å². The van der Waals surface area contributed by atoms with Gasteiger partial charge in [0.15, 0.2) is 5.82 Å². The van der Waals surface area contributed by atoms with Crippen molar-refractivity contribution in [3.63, 3.8) is 0 Å². The molecule has 1 fully saturated rings. The molecule has 166 valence electrons.